The van der Waals surface area contributed by atoms with Crippen molar-refractivity contribution in [1.82, 2.24) is 0 Å². The molecule has 0 unspecified atom stereocenters. The van der Waals surface area contributed by atoms with Crippen molar-refractivity contribution in [2.75, 3.05) is 14.2 Å². The van der Waals surface area contributed by atoms with Crippen molar-refractivity contribution in [3.63, 3.8) is 0 Å². The Kier molecular flexibility index (Phi) is 4.53. The van der Waals surface area contributed by atoms with E-state index in [0.29, 0.717) is 23.8 Å². The van der Waals surface area contributed by atoms with E-state index in [1.165, 1.54) is 0 Å². The monoisotopic (exact) mass is 277 g/mol. The third-order valence-electron chi connectivity index (χ3n) is 3.03. The topological polar surface area (TPSA) is 66.8 Å². The molecule has 0 atom stereocenters. The second kappa shape index (κ2) is 6.34. The molecule has 0 spiro atoms. The Morgan fingerprint density at radius 1 is 1.15 bits per heavy atom. The largest absolute Gasteiger partial charge is 0.493 e. The van der Waals surface area contributed by atoms with E-state index in [1.54, 1.807) is 14.2 Å². The number of hydrogen-bond donors (Lipinski definition) is 1. The lowest BCUT2D eigenvalue weighted by Crippen LogP contribution is -1.99. The summed E-state index contributed by atoms with van der Waals surface area (Å²) in [6.07, 6.45) is 0. The van der Waals surface area contributed by atoms with Gasteiger partial charge < -0.3 is 24.4 Å². The molecule has 5 heteroatoms. The van der Waals surface area contributed by atoms with Crippen molar-refractivity contribution in [1.29, 1.82) is 0 Å². The van der Waals surface area contributed by atoms with Gasteiger partial charge in [0, 0.05) is 12.1 Å². The molecular formula is C15H19NO4. The highest BCUT2D eigenvalue weighted by molar-refractivity contribution is 5.51. The van der Waals surface area contributed by atoms with E-state index in [1.807, 2.05) is 31.2 Å². The second-order valence-electron chi connectivity index (χ2n) is 4.28. The normalized spacial score (nSPS) is 10.4. The van der Waals surface area contributed by atoms with Crippen LogP contribution in [0.15, 0.2) is 28.7 Å². The molecule has 0 amide bonds. The van der Waals surface area contributed by atoms with Crippen molar-refractivity contribution in [3.8, 4) is 17.2 Å². The van der Waals surface area contributed by atoms with Gasteiger partial charge in [-0.05, 0) is 25.1 Å². The van der Waals surface area contributed by atoms with E-state index in [9.17, 15) is 0 Å². The fraction of sp³-hybridized carbons (Fsp3) is 0.333. The molecule has 0 radical (unpaired) electrons. The average molecular weight is 277 g/mol. The number of nitrogens with two attached hydrogens (primary N) is 1. The standard InChI is InChI=1S/C15H19NO4/c1-10-11(8-16)7-12(20-10)9-19-15-13(17-2)5-4-6-14(15)18-3/h4-7H,8-9,16H2,1-3H3. The third-order valence-corrected chi connectivity index (χ3v) is 3.03. The number of benzene rings is 1. The van der Waals surface area contributed by atoms with Crippen LogP contribution in [0.25, 0.3) is 0 Å². The van der Waals surface area contributed by atoms with Crippen molar-refractivity contribution in [3.05, 3.63) is 41.3 Å². The van der Waals surface area contributed by atoms with Crippen LogP contribution in [0.2, 0.25) is 0 Å². The molecule has 2 rings (SSSR count). The number of furan rings is 1. The Bertz CT molecular complexity index is 555. The summed E-state index contributed by atoms with van der Waals surface area (Å²) in [5, 5.41) is 0. The SMILES string of the molecule is COc1cccc(OC)c1OCc1cc(CN)c(C)o1. The van der Waals surface area contributed by atoms with E-state index < -0.39 is 0 Å². The highest BCUT2D eigenvalue weighted by Crippen LogP contribution is 2.37. The molecule has 1 aromatic heterocycles. The van der Waals surface area contributed by atoms with Gasteiger partial charge in [0.05, 0.1) is 14.2 Å². The van der Waals surface area contributed by atoms with Crippen molar-refractivity contribution in [2.45, 2.75) is 20.1 Å². The minimum Gasteiger partial charge on any atom is -0.493 e. The van der Waals surface area contributed by atoms with Gasteiger partial charge in [-0.2, -0.15) is 0 Å². The Morgan fingerprint density at radius 3 is 2.30 bits per heavy atom. The predicted octanol–water partition coefficient (Wildman–Crippen LogP) is 2.64. The summed E-state index contributed by atoms with van der Waals surface area (Å²) in [6, 6.07) is 7.37. The summed E-state index contributed by atoms with van der Waals surface area (Å²) in [6.45, 7) is 2.63. The number of para-hydroxylation sites is 1. The van der Waals surface area contributed by atoms with Gasteiger partial charge in [-0.15, -0.1) is 0 Å². The Morgan fingerprint density at radius 2 is 1.80 bits per heavy atom. The first-order chi connectivity index (χ1) is 9.69. The fourth-order valence-electron chi connectivity index (χ4n) is 1.96. The van der Waals surface area contributed by atoms with Crippen LogP contribution in [0, 0.1) is 6.92 Å². The van der Waals surface area contributed by atoms with Crippen LogP contribution in [-0.4, -0.2) is 14.2 Å². The summed E-state index contributed by atoms with van der Waals surface area (Å²) >= 11 is 0. The molecule has 2 N–H and O–H groups in total. The van der Waals surface area contributed by atoms with E-state index in [2.05, 4.69) is 0 Å². The lowest BCUT2D eigenvalue weighted by atomic mass is 10.2. The van der Waals surface area contributed by atoms with E-state index in [0.717, 1.165) is 17.1 Å². The summed E-state index contributed by atoms with van der Waals surface area (Å²) in [5.41, 5.74) is 6.60. The molecule has 0 saturated heterocycles. The van der Waals surface area contributed by atoms with Gasteiger partial charge in [0.1, 0.15) is 18.1 Å². The minimum atomic E-state index is 0.289. The van der Waals surface area contributed by atoms with Gasteiger partial charge in [0.15, 0.2) is 11.5 Å². The molecule has 1 heterocycles. The van der Waals surface area contributed by atoms with Crippen LogP contribution in [0.4, 0.5) is 0 Å². The van der Waals surface area contributed by atoms with Crippen molar-refractivity contribution < 1.29 is 18.6 Å². The van der Waals surface area contributed by atoms with Gasteiger partial charge in [0.25, 0.3) is 0 Å². The highest BCUT2D eigenvalue weighted by Gasteiger charge is 2.13. The number of aryl methyl sites for hydroxylation is 1. The average Bonchev–Trinajstić information content (AvgIpc) is 2.84. The second-order valence-corrected chi connectivity index (χ2v) is 4.28. The predicted molar refractivity (Wildman–Crippen MR) is 75.2 cm³/mol. The maximum atomic E-state index is 5.76. The molecule has 0 fully saturated rings. The summed E-state index contributed by atoms with van der Waals surface area (Å²) < 4.78 is 21.9. The third kappa shape index (κ3) is 2.88. The maximum Gasteiger partial charge on any atom is 0.203 e. The first-order valence-electron chi connectivity index (χ1n) is 6.31. The molecular weight excluding hydrogens is 258 g/mol. The smallest absolute Gasteiger partial charge is 0.203 e. The van der Waals surface area contributed by atoms with Crippen molar-refractivity contribution >= 4 is 0 Å². The maximum absolute atomic E-state index is 5.76. The van der Waals surface area contributed by atoms with E-state index in [-0.39, 0.29) is 6.61 Å². The summed E-state index contributed by atoms with van der Waals surface area (Å²) in [4.78, 5) is 0. The molecule has 108 valence electrons. The Balaban J connectivity index is 2.17. The number of rotatable bonds is 6. The quantitative estimate of drug-likeness (QED) is 0.879. The van der Waals surface area contributed by atoms with Crippen LogP contribution in [0.3, 0.4) is 0 Å². The molecule has 0 bridgehead atoms. The zero-order chi connectivity index (χ0) is 14.5. The molecule has 0 aliphatic carbocycles. The lowest BCUT2D eigenvalue weighted by molar-refractivity contribution is 0.241. The molecule has 1 aromatic carbocycles. The van der Waals surface area contributed by atoms with E-state index in [4.69, 9.17) is 24.4 Å². The van der Waals surface area contributed by atoms with Gasteiger partial charge in [-0.25, -0.2) is 0 Å². The van der Waals surface area contributed by atoms with Gasteiger partial charge in [-0.1, -0.05) is 6.07 Å². The molecule has 0 aliphatic heterocycles. The molecule has 20 heavy (non-hydrogen) atoms. The first-order valence-corrected chi connectivity index (χ1v) is 6.31. The molecule has 0 saturated carbocycles. The minimum absolute atomic E-state index is 0.289. The van der Waals surface area contributed by atoms with Crippen LogP contribution in [0.1, 0.15) is 17.1 Å². The first kappa shape index (κ1) is 14.3. The zero-order valence-electron chi connectivity index (χ0n) is 11.9. The zero-order valence-corrected chi connectivity index (χ0v) is 11.9. The highest BCUT2D eigenvalue weighted by atomic mass is 16.5. The molecule has 0 aliphatic rings. The van der Waals surface area contributed by atoms with Crippen molar-refractivity contribution in [2.24, 2.45) is 5.73 Å². The molecule has 2 aromatic rings. The number of methoxy groups -OCH3 is 2. The van der Waals surface area contributed by atoms with E-state index >= 15 is 0 Å². The van der Waals surface area contributed by atoms with Crippen LogP contribution >= 0.6 is 0 Å². The lowest BCUT2D eigenvalue weighted by Gasteiger charge is -2.13. The van der Waals surface area contributed by atoms with Crippen LogP contribution < -0.4 is 19.9 Å². The fourth-order valence-corrected chi connectivity index (χ4v) is 1.96. The van der Waals surface area contributed by atoms with Gasteiger partial charge in [0.2, 0.25) is 5.75 Å². The Labute approximate surface area is 118 Å². The molecule has 5 nitrogen and oxygen atoms in total. The Hall–Kier alpha value is -2.14. The van der Waals surface area contributed by atoms with Gasteiger partial charge >= 0.3 is 0 Å². The number of ether oxygens (including phenoxy) is 3. The number of hydrogen-bond acceptors (Lipinski definition) is 5. The van der Waals surface area contributed by atoms with Crippen LogP contribution in [0.5, 0.6) is 17.2 Å². The van der Waals surface area contributed by atoms with Gasteiger partial charge in [-0.3, -0.25) is 0 Å². The summed E-state index contributed by atoms with van der Waals surface area (Å²) in [5.74, 6) is 3.33. The summed E-state index contributed by atoms with van der Waals surface area (Å²) in [7, 11) is 3.18. The van der Waals surface area contributed by atoms with Crippen LogP contribution in [-0.2, 0) is 13.2 Å².